The van der Waals surface area contributed by atoms with Crippen LogP contribution in [0.4, 0.5) is 5.13 Å². The molecular weight excluding hydrogens is 376 g/mol. The average Bonchev–Trinajstić information content (AvgIpc) is 3.15. The fraction of sp³-hybridized carbons (Fsp3) is 0. The number of fused-ring (bicyclic) bond motifs is 1. The summed E-state index contributed by atoms with van der Waals surface area (Å²) < 4.78 is 0. The monoisotopic (exact) mass is 390 g/mol. The van der Waals surface area contributed by atoms with Gasteiger partial charge >= 0.3 is 0 Å². The largest absolute Gasteiger partial charge is 0.298 e. The molecule has 0 fully saturated rings. The molecule has 0 atom stereocenters. The number of carbonyl (C=O) groups is 1. The lowest BCUT2D eigenvalue weighted by molar-refractivity contribution is -0.111. The minimum absolute atomic E-state index is 0.241. The normalized spacial score (nSPS) is 11.1. The van der Waals surface area contributed by atoms with Gasteiger partial charge in [0.25, 0.3) is 0 Å². The van der Waals surface area contributed by atoms with Gasteiger partial charge in [0.15, 0.2) is 5.13 Å². The molecule has 0 saturated carbocycles. The van der Waals surface area contributed by atoms with E-state index >= 15 is 0 Å². The van der Waals surface area contributed by atoms with E-state index in [1.54, 1.807) is 12.1 Å². The maximum absolute atomic E-state index is 12.1. The molecule has 1 amide bonds. The number of anilines is 1. The maximum Gasteiger partial charge on any atom is 0.250 e. The number of thiazole rings is 1. The van der Waals surface area contributed by atoms with Crippen LogP contribution in [-0.4, -0.2) is 10.9 Å². The number of aromatic nitrogens is 1. The van der Waals surface area contributed by atoms with Crippen molar-refractivity contribution < 1.29 is 4.79 Å². The Morgan fingerprint density at radius 1 is 1.00 bits per heavy atom. The fourth-order valence-electron chi connectivity index (χ4n) is 2.74. The molecule has 1 heterocycles. The first-order chi connectivity index (χ1) is 13.2. The SMILES string of the molecule is O=C(/C=C/c1ccccc1Cl)Nc1nc(-c2ccc3ccccc3c2)cs1. The summed E-state index contributed by atoms with van der Waals surface area (Å²) in [7, 11) is 0. The molecule has 0 spiro atoms. The first-order valence-electron chi connectivity index (χ1n) is 8.37. The van der Waals surface area contributed by atoms with Gasteiger partial charge < -0.3 is 0 Å². The van der Waals surface area contributed by atoms with E-state index in [4.69, 9.17) is 11.6 Å². The van der Waals surface area contributed by atoms with Crippen molar-refractivity contribution in [2.24, 2.45) is 0 Å². The minimum atomic E-state index is -0.241. The van der Waals surface area contributed by atoms with Gasteiger partial charge in [-0.3, -0.25) is 10.1 Å². The summed E-state index contributed by atoms with van der Waals surface area (Å²) in [5, 5.41) is 8.26. The molecule has 4 rings (SSSR count). The van der Waals surface area contributed by atoms with Crippen molar-refractivity contribution in [2.75, 3.05) is 5.32 Å². The highest BCUT2D eigenvalue weighted by molar-refractivity contribution is 7.14. The summed E-state index contributed by atoms with van der Waals surface area (Å²) in [6, 6.07) is 21.8. The lowest BCUT2D eigenvalue weighted by atomic mass is 10.1. The standard InChI is InChI=1S/C22H15ClN2OS/c23-19-8-4-3-6-16(19)11-12-21(26)25-22-24-20(14-27-22)18-10-9-15-5-1-2-7-17(15)13-18/h1-14H,(H,24,25,26)/b12-11+. The Balaban J connectivity index is 1.49. The van der Waals surface area contributed by atoms with E-state index in [2.05, 4.69) is 34.6 Å². The van der Waals surface area contributed by atoms with E-state index < -0.39 is 0 Å². The highest BCUT2D eigenvalue weighted by atomic mass is 35.5. The Morgan fingerprint density at radius 2 is 1.78 bits per heavy atom. The van der Waals surface area contributed by atoms with E-state index in [1.807, 2.05) is 41.8 Å². The van der Waals surface area contributed by atoms with E-state index in [0.717, 1.165) is 22.2 Å². The first kappa shape index (κ1) is 17.5. The summed E-state index contributed by atoms with van der Waals surface area (Å²) in [5.74, 6) is -0.241. The Morgan fingerprint density at radius 3 is 2.63 bits per heavy atom. The number of amides is 1. The van der Waals surface area contributed by atoms with Gasteiger partial charge in [-0.2, -0.15) is 0 Å². The number of benzene rings is 3. The van der Waals surface area contributed by atoms with Gasteiger partial charge in [0, 0.05) is 22.0 Å². The van der Waals surface area contributed by atoms with Crippen molar-refractivity contribution in [1.29, 1.82) is 0 Å². The molecule has 0 radical (unpaired) electrons. The highest BCUT2D eigenvalue weighted by Gasteiger charge is 2.07. The number of nitrogens with one attached hydrogen (secondary N) is 1. The number of nitrogens with zero attached hydrogens (tertiary/aromatic N) is 1. The predicted octanol–water partition coefficient (Wildman–Crippen LogP) is 6.27. The summed E-state index contributed by atoms with van der Waals surface area (Å²) in [4.78, 5) is 16.7. The van der Waals surface area contributed by atoms with Crippen molar-refractivity contribution >= 4 is 50.8 Å². The average molecular weight is 391 g/mol. The molecule has 0 saturated heterocycles. The Kier molecular flexibility index (Phi) is 5.01. The molecule has 27 heavy (non-hydrogen) atoms. The molecular formula is C22H15ClN2OS. The van der Waals surface area contributed by atoms with Crippen molar-refractivity contribution in [2.45, 2.75) is 0 Å². The van der Waals surface area contributed by atoms with Gasteiger partial charge in [-0.05, 0) is 34.5 Å². The van der Waals surface area contributed by atoms with Crippen LogP contribution in [0.25, 0.3) is 28.1 Å². The van der Waals surface area contributed by atoms with Crippen LogP contribution in [0, 0.1) is 0 Å². The van der Waals surface area contributed by atoms with Crippen molar-refractivity contribution in [1.82, 2.24) is 4.98 Å². The zero-order valence-corrected chi connectivity index (χ0v) is 15.8. The zero-order chi connectivity index (χ0) is 18.6. The van der Waals surface area contributed by atoms with E-state index in [1.165, 1.54) is 22.8 Å². The predicted molar refractivity (Wildman–Crippen MR) is 114 cm³/mol. The lowest BCUT2D eigenvalue weighted by Gasteiger charge is -2.01. The lowest BCUT2D eigenvalue weighted by Crippen LogP contribution is -2.07. The molecule has 4 aromatic rings. The second-order valence-electron chi connectivity index (χ2n) is 5.94. The summed E-state index contributed by atoms with van der Waals surface area (Å²) in [6.07, 6.45) is 3.15. The molecule has 0 unspecified atom stereocenters. The number of hydrogen-bond acceptors (Lipinski definition) is 3. The molecule has 132 valence electrons. The number of hydrogen-bond donors (Lipinski definition) is 1. The fourth-order valence-corrected chi connectivity index (χ4v) is 3.66. The van der Waals surface area contributed by atoms with Crippen LogP contribution in [0.2, 0.25) is 5.02 Å². The van der Waals surface area contributed by atoms with E-state index in [-0.39, 0.29) is 5.91 Å². The van der Waals surface area contributed by atoms with E-state index in [0.29, 0.717) is 10.2 Å². The van der Waals surface area contributed by atoms with Crippen LogP contribution in [0.3, 0.4) is 0 Å². The molecule has 5 heteroatoms. The number of carbonyl (C=O) groups excluding carboxylic acids is 1. The van der Waals surface area contributed by atoms with Gasteiger partial charge in [0.05, 0.1) is 5.69 Å². The molecule has 3 aromatic carbocycles. The molecule has 1 N–H and O–H groups in total. The molecule has 0 aliphatic heterocycles. The second-order valence-corrected chi connectivity index (χ2v) is 7.21. The third kappa shape index (κ3) is 4.08. The van der Waals surface area contributed by atoms with Gasteiger partial charge in [-0.25, -0.2) is 4.98 Å². The summed E-state index contributed by atoms with van der Waals surface area (Å²) in [5.41, 5.74) is 2.67. The first-order valence-corrected chi connectivity index (χ1v) is 9.63. The van der Waals surface area contributed by atoms with Gasteiger partial charge in [0.2, 0.25) is 5.91 Å². The maximum atomic E-state index is 12.1. The molecule has 1 aromatic heterocycles. The molecule has 0 bridgehead atoms. The number of rotatable bonds is 4. The van der Waals surface area contributed by atoms with Gasteiger partial charge in [-0.1, -0.05) is 66.2 Å². The smallest absolute Gasteiger partial charge is 0.250 e. The third-order valence-electron chi connectivity index (χ3n) is 4.10. The zero-order valence-electron chi connectivity index (χ0n) is 14.2. The van der Waals surface area contributed by atoms with Crippen LogP contribution in [0.5, 0.6) is 0 Å². The molecule has 0 aliphatic carbocycles. The van der Waals surface area contributed by atoms with Gasteiger partial charge in [0.1, 0.15) is 0 Å². The van der Waals surface area contributed by atoms with Crippen LogP contribution in [0.1, 0.15) is 5.56 Å². The van der Waals surface area contributed by atoms with Crippen LogP contribution < -0.4 is 5.32 Å². The van der Waals surface area contributed by atoms with Crippen LogP contribution in [-0.2, 0) is 4.79 Å². The minimum Gasteiger partial charge on any atom is -0.298 e. The molecule has 3 nitrogen and oxygen atoms in total. The van der Waals surface area contributed by atoms with Crippen LogP contribution >= 0.6 is 22.9 Å². The van der Waals surface area contributed by atoms with Crippen molar-refractivity contribution in [3.8, 4) is 11.3 Å². The Labute approximate surface area is 166 Å². The highest BCUT2D eigenvalue weighted by Crippen LogP contribution is 2.27. The van der Waals surface area contributed by atoms with Gasteiger partial charge in [-0.15, -0.1) is 11.3 Å². The third-order valence-corrected chi connectivity index (χ3v) is 5.20. The number of halogens is 1. The van der Waals surface area contributed by atoms with Crippen molar-refractivity contribution in [3.05, 3.63) is 88.8 Å². The quantitative estimate of drug-likeness (QED) is 0.417. The van der Waals surface area contributed by atoms with E-state index in [9.17, 15) is 4.79 Å². The topological polar surface area (TPSA) is 42.0 Å². The Hall–Kier alpha value is -2.95. The van der Waals surface area contributed by atoms with Crippen molar-refractivity contribution in [3.63, 3.8) is 0 Å². The summed E-state index contributed by atoms with van der Waals surface area (Å²) >= 11 is 7.49. The summed E-state index contributed by atoms with van der Waals surface area (Å²) in [6.45, 7) is 0. The molecule has 0 aliphatic rings. The Bertz CT molecular complexity index is 1150. The second kappa shape index (κ2) is 7.74. The van der Waals surface area contributed by atoms with Crippen LogP contribution in [0.15, 0.2) is 78.2 Å².